The minimum Gasteiger partial charge on any atom is -0.383 e. The van der Waals surface area contributed by atoms with Crippen LogP contribution in [-0.4, -0.2) is 39.8 Å². The van der Waals surface area contributed by atoms with Crippen LogP contribution in [-0.2, 0) is 17.5 Å². The summed E-state index contributed by atoms with van der Waals surface area (Å²) in [5.41, 5.74) is 4.56. The van der Waals surface area contributed by atoms with Crippen LogP contribution in [0, 0.1) is 0 Å². The van der Waals surface area contributed by atoms with Gasteiger partial charge in [-0.05, 0) is 12.1 Å². The number of hydrogen-bond donors (Lipinski definition) is 3. The summed E-state index contributed by atoms with van der Waals surface area (Å²) in [5, 5.41) is 3.06. The maximum absolute atomic E-state index is 13.1. The first-order valence-electron chi connectivity index (χ1n) is 7.94. The SMILES string of the molecule is COCCNc1ncccc1Cn1c(=O)[nH]c2c(N)nc(C(F)(F)F)cc21. The number of halogens is 3. The molecule has 11 heteroatoms. The highest BCUT2D eigenvalue weighted by Crippen LogP contribution is 2.31. The van der Waals surface area contributed by atoms with Crippen molar-refractivity contribution in [2.75, 3.05) is 31.3 Å². The van der Waals surface area contributed by atoms with Gasteiger partial charge in [-0.2, -0.15) is 13.2 Å². The van der Waals surface area contributed by atoms with Gasteiger partial charge in [-0.1, -0.05) is 6.07 Å². The summed E-state index contributed by atoms with van der Waals surface area (Å²) in [4.78, 5) is 22.3. The zero-order chi connectivity index (χ0) is 19.6. The van der Waals surface area contributed by atoms with Gasteiger partial charge in [0.05, 0.1) is 18.7 Å². The fourth-order valence-corrected chi connectivity index (χ4v) is 2.64. The van der Waals surface area contributed by atoms with Crippen molar-refractivity contribution in [3.63, 3.8) is 0 Å². The molecule has 0 radical (unpaired) electrons. The number of H-pyrrole nitrogens is 1. The molecular formula is C16H17F3N6O2. The molecule has 0 saturated heterocycles. The van der Waals surface area contributed by atoms with Crippen LogP contribution in [0.15, 0.2) is 29.2 Å². The maximum atomic E-state index is 13.1. The van der Waals surface area contributed by atoms with Crippen LogP contribution in [0.5, 0.6) is 0 Å². The van der Waals surface area contributed by atoms with E-state index in [0.29, 0.717) is 24.5 Å². The maximum Gasteiger partial charge on any atom is 0.433 e. The largest absolute Gasteiger partial charge is 0.433 e. The van der Waals surface area contributed by atoms with Gasteiger partial charge in [0, 0.05) is 25.4 Å². The van der Waals surface area contributed by atoms with E-state index in [1.165, 1.54) is 4.57 Å². The molecule has 0 saturated carbocycles. The number of imidazole rings is 1. The molecule has 8 nitrogen and oxygen atoms in total. The Morgan fingerprint density at radius 1 is 1.41 bits per heavy atom. The van der Waals surface area contributed by atoms with Gasteiger partial charge in [-0.3, -0.25) is 4.57 Å². The molecule has 0 aliphatic heterocycles. The monoisotopic (exact) mass is 382 g/mol. The highest BCUT2D eigenvalue weighted by Gasteiger charge is 2.34. The average molecular weight is 382 g/mol. The van der Waals surface area contributed by atoms with E-state index in [0.717, 1.165) is 6.07 Å². The van der Waals surface area contributed by atoms with Crippen molar-refractivity contribution in [3.05, 3.63) is 46.1 Å². The van der Waals surface area contributed by atoms with E-state index in [9.17, 15) is 18.0 Å². The lowest BCUT2D eigenvalue weighted by Gasteiger charge is -2.12. The Bertz CT molecular complexity index is 1010. The number of alkyl halides is 3. The van der Waals surface area contributed by atoms with Crippen molar-refractivity contribution in [2.24, 2.45) is 0 Å². The Hall–Kier alpha value is -3.08. The van der Waals surface area contributed by atoms with Crippen LogP contribution < -0.4 is 16.7 Å². The molecule has 3 rings (SSSR count). The number of rotatable bonds is 6. The van der Waals surface area contributed by atoms with E-state index >= 15 is 0 Å². The first-order chi connectivity index (χ1) is 12.8. The lowest BCUT2D eigenvalue weighted by atomic mass is 10.2. The molecule has 4 N–H and O–H groups in total. The number of aromatic amines is 1. The van der Waals surface area contributed by atoms with Crippen molar-refractivity contribution in [2.45, 2.75) is 12.7 Å². The Kier molecular flexibility index (Phi) is 5.04. The fourth-order valence-electron chi connectivity index (χ4n) is 2.64. The summed E-state index contributed by atoms with van der Waals surface area (Å²) in [5.74, 6) is 0.120. The third-order valence-corrected chi connectivity index (χ3v) is 3.90. The zero-order valence-corrected chi connectivity index (χ0v) is 14.3. The van der Waals surface area contributed by atoms with Crippen LogP contribution in [0.3, 0.4) is 0 Å². The molecule has 0 aliphatic carbocycles. The number of aromatic nitrogens is 4. The highest BCUT2D eigenvalue weighted by molar-refractivity contribution is 5.85. The summed E-state index contributed by atoms with van der Waals surface area (Å²) >= 11 is 0. The number of fused-ring (bicyclic) bond motifs is 1. The molecule has 0 aromatic carbocycles. The number of anilines is 2. The first kappa shape index (κ1) is 18.7. The molecule has 0 fully saturated rings. The molecule has 0 spiro atoms. The lowest BCUT2D eigenvalue weighted by Crippen LogP contribution is -2.19. The van der Waals surface area contributed by atoms with Gasteiger partial charge in [0.15, 0.2) is 0 Å². The predicted octanol–water partition coefficient (Wildman–Crippen LogP) is 1.83. The Morgan fingerprint density at radius 2 is 2.19 bits per heavy atom. The number of ether oxygens (including phenoxy) is 1. The highest BCUT2D eigenvalue weighted by atomic mass is 19.4. The van der Waals surface area contributed by atoms with E-state index in [2.05, 4.69) is 20.3 Å². The summed E-state index contributed by atoms with van der Waals surface area (Å²) < 4.78 is 45.3. The minimum atomic E-state index is -4.68. The Labute approximate surface area is 151 Å². The van der Waals surface area contributed by atoms with Crippen LogP contribution in [0.2, 0.25) is 0 Å². The van der Waals surface area contributed by atoms with Crippen LogP contribution >= 0.6 is 0 Å². The fraction of sp³-hybridized carbons (Fsp3) is 0.312. The van der Waals surface area contributed by atoms with Crippen molar-refractivity contribution in [3.8, 4) is 0 Å². The zero-order valence-electron chi connectivity index (χ0n) is 14.3. The molecule has 3 aromatic heterocycles. The van der Waals surface area contributed by atoms with Gasteiger partial charge in [0.2, 0.25) is 0 Å². The molecule has 0 bridgehead atoms. The number of nitrogens with one attached hydrogen (secondary N) is 2. The third kappa shape index (κ3) is 3.87. The van der Waals surface area contributed by atoms with Crippen LogP contribution in [0.4, 0.5) is 24.8 Å². The number of nitrogens with two attached hydrogens (primary N) is 1. The number of nitrogen functional groups attached to an aromatic ring is 1. The molecule has 3 heterocycles. The third-order valence-electron chi connectivity index (χ3n) is 3.90. The quantitative estimate of drug-likeness (QED) is 0.561. The van der Waals surface area contributed by atoms with E-state index in [4.69, 9.17) is 10.5 Å². The van der Waals surface area contributed by atoms with Gasteiger partial charge in [0.1, 0.15) is 22.8 Å². The van der Waals surface area contributed by atoms with E-state index in [-0.39, 0.29) is 23.4 Å². The first-order valence-corrected chi connectivity index (χ1v) is 7.94. The minimum absolute atomic E-state index is 0.00272. The molecule has 0 unspecified atom stereocenters. The second-order valence-electron chi connectivity index (χ2n) is 5.73. The predicted molar refractivity (Wildman–Crippen MR) is 93.5 cm³/mol. The Morgan fingerprint density at radius 3 is 2.89 bits per heavy atom. The van der Waals surface area contributed by atoms with Crippen molar-refractivity contribution < 1.29 is 17.9 Å². The molecular weight excluding hydrogens is 365 g/mol. The van der Waals surface area contributed by atoms with Gasteiger partial charge < -0.3 is 20.8 Å². The number of pyridine rings is 2. The molecule has 0 amide bonds. The number of methoxy groups -OCH3 is 1. The normalized spacial score (nSPS) is 11.9. The lowest BCUT2D eigenvalue weighted by molar-refractivity contribution is -0.141. The van der Waals surface area contributed by atoms with Crippen LogP contribution in [0.25, 0.3) is 11.0 Å². The molecule has 0 aliphatic rings. The standard InChI is InChI=1S/C16H17F3N6O2/c1-27-6-5-22-14-9(3-2-4-21-14)8-25-10-7-11(16(17,18)19)23-13(20)12(10)24-15(25)26/h2-4,7H,5-6,8H2,1H3,(H2,20,23)(H,21,22)(H,24,26). The van der Waals surface area contributed by atoms with Crippen molar-refractivity contribution in [1.82, 2.24) is 19.5 Å². The molecule has 0 atom stereocenters. The summed E-state index contributed by atoms with van der Waals surface area (Å²) in [6.07, 6.45) is -3.11. The van der Waals surface area contributed by atoms with Gasteiger partial charge in [-0.15, -0.1) is 0 Å². The van der Waals surface area contributed by atoms with Crippen molar-refractivity contribution in [1.29, 1.82) is 0 Å². The van der Waals surface area contributed by atoms with Gasteiger partial charge in [0.25, 0.3) is 0 Å². The summed E-state index contributed by atoms with van der Waals surface area (Å²) in [6, 6.07) is 4.20. The summed E-state index contributed by atoms with van der Waals surface area (Å²) in [6.45, 7) is 0.932. The second kappa shape index (κ2) is 7.27. The van der Waals surface area contributed by atoms with Crippen molar-refractivity contribution >= 4 is 22.7 Å². The molecule has 27 heavy (non-hydrogen) atoms. The molecule has 144 valence electrons. The van der Waals surface area contributed by atoms with E-state index in [1.807, 2.05) is 0 Å². The number of hydrogen-bond acceptors (Lipinski definition) is 6. The molecule has 3 aromatic rings. The smallest absolute Gasteiger partial charge is 0.383 e. The topological polar surface area (TPSA) is 111 Å². The Balaban J connectivity index is 2.04. The summed E-state index contributed by atoms with van der Waals surface area (Å²) in [7, 11) is 1.56. The van der Waals surface area contributed by atoms with Gasteiger partial charge in [-0.25, -0.2) is 14.8 Å². The van der Waals surface area contributed by atoms with Gasteiger partial charge >= 0.3 is 11.9 Å². The average Bonchev–Trinajstić information content (AvgIpc) is 2.92. The number of nitrogens with zero attached hydrogens (tertiary/aromatic N) is 3. The van der Waals surface area contributed by atoms with E-state index < -0.39 is 17.6 Å². The second-order valence-corrected chi connectivity index (χ2v) is 5.73. The van der Waals surface area contributed by atoms with E-state index in [1.54, 1.807) is 25.4 Å². The van der Waals surface area contributed by atoms with Crippen LogP contribution in [0.1, 0.15) is 11.3 Å².